The Balaban J connectivity index is 1.79. The Morgan fingerprint density at radius 1 is 1.25 bits per heavy atom. The van der Waals surface area contributed by atoms with Gasteiger partial charge in [0.25, 0.3) is 0 Å². The lowest BCUT2D eigenvalue weighted by atomic mass is 10.0. The van der Waals surface area contributed by atoms with Gasteiger partial charge in [-0.25, -0.2) is 0 Å². The number of carbonyl (C=O) groups is 1. The summed E-state index contributed by atoms with van der Waals surface area (Å²) in [4.78, 5) is 14.4. The highest BCUT2D eigenvalue weighted by molar-refractivity contribution is 5.92. The molecule has 2 heterocycles. The monoisotopic (exact) mass is 327 g/mol. The van der Waals surface area contributed by atoms with Gasteiger partial charge in [0, 0.05) is 12.6 Å². The lowest BCUT2D eigenvalue weighted by molar-refractivity contribution is -0.126. The molecule has 5 heteroatoms. The number of likely N-dealkylation sites (tertiary alicyclic amines) is 1. The fraction of sp³-hybridized carbons (Fsp3) is 0.316. The average molecular weight is 327 g/mol. The van der Waals surface area contributed by atoms with Gasteiger partial charge in [0.2, 0.25) is 5.91 Å². The van der Waals surface area contributed by atoms with Crippen LogP contribution in [0.1, 0.15) is 30.2 Å². The van der Waals surface area contributed by atoms with Crippen molar-refractivity contribution in [2.45, 2.75) is 18.9 Å². The molecule has 1 aliphatic rings. The highest BCUT2D eigenvalue weighted by Gasteiger charge is 2.29. The highest BCUT2D eigenvalue weighted by Crippen LogP contribution is 2.37. The van der Waals surface area contributed by atoms with Gasteiger partial charge >= 0.3 is 0 Å². The number of rotatable bonds is 5. The molecule has 0 spiro atoms. The van der Waals surface area contributed by atoms with E-state index >= 15 is 0 Å². The zero-order valence-corrected chi connectivity index (χ0v) is 13.9. The van der Waals surface area contributed by atoms with E-state index in [9.17, 15) is 4.79 Å². The number of nitrogens with zero attached hydrogens (tertiary/aromatic N) is 1. The molecule has 24 heavy (non-hydrogen) atoms. The van der Waals surface area contributed by atoms with Gasteiger partial charge in [0.05, 0.1) is 26.5 Å². The van der Waals surface area contributed by atoms with Crippen molar-refractivity contribution in [3.05, 3.63) is 54.0 Å². The van der Waals surface area contributed by atoms with Gasteiger partial charge < -0.3 is 18.8 Å². The molecule has 1 fully saturated rings. The van der Waals surface area contributed by atoms with Crippen LogP contribution in [0.25, 0.3) is 6.08 Å². The van der Waals surface area contributed by atoms with Crippen LogP contribution in [0.4, 0.5) is 0 Å². The number of amides is 1. The average Bonchev–Trinajstić information content (AvgIpc) is 3.30. The quantitative estimate of drug-likeness (QED) is 0.786. The number of benzene rings is 1. The third-order valence-electron chi connectivity index (χ3n) is 4.26. The third kappa shape index (κ3) is 3.30. The van der Waals surface area contributed by atoms with E-state index in [2.05, 4.69) is 0 Å². The fourth-order valence-corrected chi connectivity index (χ4v) is 3.07. The molecule has 1 unspecified atom stereocenters. The van der Waals surface area contributed by atoms with E-state index in [0.29, 0.717) is 17.3 Å². The second-order valence-corrected chi connectivity index (χ2v) is 5.65. The molecular formula is C19H21NO4. The molecule has 1 aromatic carbocycles. The summed E-state index contributed by atoms with van der Waals surface area (Å²) in [5.74, 6) is 2.03. The van der Waals surface area contributed by atoms with Crippen LogP contribution in [0.5, 0.6) is 11.5 Å². The van der Waals surface area contributed by atoms with E-state index in [0.717, 1.165) is 24.9 Å². The molecule has 5 nitrogen and oxygen atoms in total. The van der Waals surface area contributed by atoms with E-state index in [1.165, 1.54) is 0 Å². The van der Waals surface area contributed by atoms with Gasteiger partial charge in [0.1, 0.15) is 5.76 Å². The molecule has 0 saturated carbocycles. The standard InChI is InChI=1S/C19H21NO4/c1-22-17-9-7-14(13-18(17)23-2)16-6-3-11-20(16)19(21)10-8-15-5-4-12-24-15/h4-5,7-10,12-13,16H,3,6,11H2,1-2H3/b10-8+. The van der Waals surface area contributed by atoms with Crippen molar-refractivity contribution < 1.29 is 18.7 Å². The summed E-state index contributed by atoms with van der Waals surface area (Å²) in [5, 5.41) is 0. The minimum absolute atomic E-state index is 0.0105. The molecule has 1 atom stereocenters. The maximum atomic E-state index is 12.5. The van der Waals surface area contributed by atoms with Crippen LogP contribution in [-0.4, -0.2) is 31.6 Å². The number of methoxy groups -OCH3 is 2. The highest BCUT2D eigenvalue weighted by atomic mass is 16.5. The number of carbonyl (C=O) groups excluding carboxylic acids is 1. The molecule has 0 aliphatic carbocycles. The van der Waals surface area contributed by atoms with Gasteiger partial charge in [-0.2, -0.15) is 0 Å². The van der Waals surface area contributed by atoms with Crippen LogP contribution in [0.3, 0.4) is 0 Å². The first-order valence-electron chi connectivity index (χ1n) is 7.97. The Hall–Kier alpha value is -2.69. The van der Waals surface area contributed by atoms with Crippen LogP contribution in [-0.2, 0) is 4.79 Å². The molecule has 126 valence electrons. The summed E-state index contributed by atoms with van der Waals surface area (Å²) in [6.45, 7) is 0.750. The van der Waals surface area contributed by atoms with Crippen molar-refractivity contribution in [3.63, 3.8) is 0 Å². The van der Waals surface area contributed by atoms with Crippen molar-refractivity contribution in [2.24, 2.45) is 0 Å². The molecule has 2 aromatic rings. The molecule has 1 saturated heterocycles. The molecule has 0 bridgehead atoms. The van der Waals surface area contributed by atoms with E-state index in [-0.39, 0.29) is 11.9 Å². The summed E-state index contributed by atoms with van der Waals surface area (Å²) in [6.07, 6.45) is 6.78. The summed E-state index contributed by atoms with van der Waals surface area (Å²) in [5.41, 5.74) is 1.06. The lowest BCUT2D eigenvalue weighted by Crippen LogP contribution is -2.28. The Morgan fingerprint density at radius 3 is 2.79 bits per heavy atom. The first-order chi connectivity index (χ1) is 11.7. The molecule has 0 N–H and O–H groups in total. The van der Waals surface area contributed by atoms with Gasteiger partial charge in [0.15, 0.2) is 11.5 Å². The minimum atomic E-state index is -0.0105. The fourth-order valence-electron chi connectivity index (χ4n) is 3.07. The molecule has 1 amide bonds. The smallest absolute Gasteiger partial charge is 0.247 e. The van der Waals surface area contributed by atoms with Crippen LogP contribution in [0.2, 0.25) is 0 Å². The zero-order chi connectivity index (χ0) is 16.9. The predicted molar refractivity (Wildman–Crippen MR) is 91.0 cm³/mol. The number of ether oxygens (including phenoxy) is 2. The molecule has 1 aromatic heterocycles. The lowest BCUT2D eigenvalue weighted by Gasteiger charge is -2.24. The summed E-state index contributed by atoms with van der Waals surface area (Å²) >= 11 is 0. The Morgan fingerprint density at radius 2 is 2.08 bits per heavy atom. The van der Waals surface area contributed by atoms with Gasteiger partial charge in [-0.3, -0.25) is 4.79 Å². The minimum Gasteiger partial charge on any atom is -0.493 e. The first-order valence-corrected chi connectivity index (χ1v) is 7.97. The van der Waals surface area contributed by atoms with Crippen LogP contribution in [0.15, 0.2) is 47.1 Å². The summed E-state index contributed by atoms with van der Waals surface area (Å²) < 4.78 is 15.9. The zero-order valence-electron chi connectivity index (χ0n) is 13.9. The van der Waals surface area contributed by atoms with E-state index in [1.807, 2.05) is 29.2 Å². The number of furan rings is 1. The molecule has 1 aliphatic heterocycles. The second-order valence-electron chi connectivity index (χ2n) is 5.65. The molecule has 0 radical (unpaired) electrons. The third-order valence-corrected chi connectivity index (χ3v) is 4.26. The van der Waals surface area contributed by atoms with E-state index in [4.69, 9.17) is 13.9 Å². The van der Waals surface area contributed by atoms with E-state index in [1.54, 1.807) is 38.7 Å². The topological polar surface area (TPSA) is 51.9 Å². The van der Waals surface area contributed by atoms with Crippen molar-refractivity contribution >= 4 is 12.0 Å². The molecule has 3 rings (SSSR count). The number of hydrogen-bond donors (Lipinski definition) is 0. The van der Waals surface area contributed by atoms with Crippen LogP contribution >= 0.6 is 0 Å². The van der Waals surface area contributed by atoms with Crippen LogP contribution < -0.4 is 9.47 Å². The Bertz CT molecular complexity index is 721. The maximum absolute atomic E-state index is 12.5. The van der Waals surface area contributed by atoms with Crippen molar-refractivity contribution in [1.29, 1.82) is 0 Å². The summed E-state index contributed by atoms with van der Waals surface area (Å²) in [7, 11) is 3.23. The summed E-state index contributed by atoms with van der Waals surface area (Å²) in [6, 6.07) is 9.50. The number of hydrogen-bond acceptors (Lipinski definition) is 4. The maximum Gasteiger partial charge on any atom is 0.247 e. The van der Waals surface area contributed by atoms with Crippen molar-refractivity contribution in [1.82, 2.24) is 4.90 Å². The van der Waals surface area contributed by atoms with Gasteiger partial charge in [-0.1, -0.05) is 6.07 Å². The Labute approximate surface area is 141 Å². The largest absolute Gasteiger partial charge is 0.493 e. The van der Waals surface area contributed by atoms with Gasteiger partial charge in [-0.15, -0.1) is 0 Å². The normalized spacial score (nSPS) is 17.4. The van der Waals surface area contributed by atoms with Crippen LogP contribution in [0, 0.1) is 0 Å². The second kappa shape index (κ2) is 7.25. The van der Waals surface area contributed by atoms with E-state index < -0.39 is 0 Å². The van der Waals surface area contributed by atoms with Crippen molar-refractivity contribution in [3.8, 4) is 11.5 Å². The predicted octanol–water partition coefficient (Wildman–Crippen LogP) is 3.67. The SMILES string of the molecule is COc1ccc(C2CCCN2C(=O)/C=C/c2ccco2)cc1OC. The van der Waals surface area contributed by atoms with Crippen molar-refractivity contribution in [2.75, 3.05) is 20.8 Å². The van der Waals surface area contributed by atoms with Gasteiger partial charge in [-0.05, 0) is 48.7 Å². The molecular weight excluding hydrogens is 306 g/mol. The Kier molecular flexibility index (Phi) is 4.89. The first kappa shape index (κ1) is 16.2.